The second-order valence-corrected chi connectivity index (χ2v) is 4.38. The van der Waals surface area contributed by atoms with E-state index in [1.807, 2.05) is 11.8 Å². The van der Waals surface area contributed by atoms with E-state index in [1.54, 1.807) is 14.2 Å². The van der Waals surface area contributed by atoms with Gasteiger partial charge in [-0.3, -0.25) is 0 Å². The third-order valence-electron chi connectivity index (χ3n) is 2.35. The molecule has 0 saturated carbocycles. The lowest BCUT2D eigenvalue weighted by molar-refractivity contribution is 0.170. The summed E-state index contributed by atoms with van der Waals surface area (Å²) in [5, 5.41) is 7.60. The third-order valence-corrected chi connectivity index (χ3v) is 2.76. The van der Waals surface area contributed by atoms with Crippen LogP contribution in [0.4, 0.5) is 5.82 Å². The average Bonchev–Trinajstić information content (AvgIpc) is 2.34. The minimum Gasteiger partial charge on any atom is -0.383 e. The first-order valence-electron chi connectivity index (χ1n) is 5.40. The summed E-state index contributed by atoms with van der Waals surface area (Å²) in [6.45, 7) is 3.66. The van der Waals surface area contributed by atoms with Gasteiger partial charge < -0.3 is 14.4 Å². The Morgan fingerprint density at radius 1 is 1.22 bits per heavy atom. The molecule has 1 heterocycles. The summed E-state index contributed by atoms with van der Waals surface area (Å²) in [6, 6.07) is 0.0652. The lowest BCUT2D eigenvalue weighted by Crippen LogP contribution is -2.39. The minimum absolute atomic E-state index is 0.0569. The molecule has 0 aliphatic carbocycles. The van der Waals surface area contributed by atoms with Crippen molar-refractivity contribution in [3.8, 4) is 0 Å². The van der Waals surface area contributed by atoms with Gasteiger partial charge in [0.25, 0.3) is 0 Å². The fourth-order valence-electron chi connectivity index (χ4n) is 1.52. The Balaban J connectivity index is 2.96. The summed E-state index contributed by atoms with van der Waals surface area (Å²) in [5.41, 5.74) is 0. The lowest BCUT2D eigenvalue weighted by Gasteiger charge is -2.29. The molecule has 0 aromatic carbocycles. The van der Waals surface area contributed by atoms with E-state index in [9.17, 15) is 0 Å². The Bertz CT molecular complexity index is 381. The molecule has 102 valence electrons. The van der Waals surface area contributed by atoms with E-state index in [2.05, 4.69) is 15.2 Å². The van der Waals surface area contributed by atoms with Crippen LogP contribution >= 0.6 is 23.2 Å². The van der Waals surface area contributed by atoms with Crippen molar-refractivity contribution in [1.82, 2.24) is 15.2 Å². The van der Waals surface area contributed by atoms with Crippen molar-refractivity contribution in [3.63, 3.8) is 0 Å². The first-order chi connectivity index (χ1) is 8.60. The van der Waals surface area contributed by atoms with E-state index in [0.29, 0.717) is 25.6 Å². The van der Waals surface area contributed by atoms with E-state index in [4.69, 9.17) is 32.7 Å². The van der Waals surface area contributed by atoms with E-state index >= 15 is 0 Å². The van der Waals surface area contributed by atoms with Gasteiger partial charge in [0.05, 0.1) is 19.3 Å². The van der Waals surface area contributed by atoms with E-state index < -0.39 is 0 Å². The Hall–Kier alpha value is -0.690. The van der Waals surface area contributed by atoms with Crippen LogP contribution in [0.2, 0.25) is 10.4 Å². The second-order valence-electron chi connectivity index (χ2n) is 3.69. The molecule has 0 fully saturated rings. The first kappa shape index (κ1) is 15.4. The predicted octanol–water partition coefficient (Wildman–Crippen LogP) is 1.67. The summed E-state index contributed by atoms with van der Waals surface area (Å²) in [6.07, 6.45) is 0. The van der Waals surface area contributed by atoms with Gasteiger partial charge in [0.15, 0.2) is 11.0 Å². The number of methoxy groups -OCH3 is 2. The number of nitrogens with zero attached hydrogens (tertiary/aromatic N) is 4. The topological polar surface area (TPSA) is 60.4 Å². The maximum absolute atomic E-state index is 6.00. The molecule has 1 atom stereocenters. The van der Waals surface area contributed by atoms with Gasteiger partial charge in [0.2, 0.25) is 5.28 Å². The molecule has 1 unspecified atom stereocenters. The maximum atomic E-state index is 6.00. The minimum atomic E-state index is 0.0569. The van der Waals surface area contributed by atoms with Crippen LogP contribution in [0.15, 0.2) is 0 Å². The Morgan fingerprint density at radius 2 is 1.94 bits per heavy atom. The Kier molecular flexibility index (Phi) is 6.56. The van der Waals surface area contributed by atoms with Crippen molar-refractivity contribution in [3.05, 3.63) is 10.4 Å². The molecule has 0 spiro atoms. The number of anilines is 1. The molecule has 1 aromatic rings. The number of halogens is 2. The third kappa shape index (κ3) is 4.20. The largest absolute Gasteiger partial charge is 0.383 e. The van der Waals surface area contributed by atoms with Gasteiger partial charge in [-0.2, -0.15) is 4.98 Å². The summed E-state index contributed by atoms with van der Waals surface area (Å²) in [7, 11) is 3.27. The predicted molar refractivity (Wildman–Crippen MR) is 70.4 cm³/mol. The zero-order valence-electron chi connectivity index (χ0n) is 10.6. The molecule has 0 saturated heterocycles. The first-order valence-corrected chi connectivity index (χ1v) is 6.16. The van der Waals surface area contributed by atoms with Crippen LogP contribution in [-0.4, -0.2) is 55.2 Å². The van der Waals surface area contributed by atoms with Crippen molar-refractivity contribution in [2.24, 2.45) is 0 Å². The number of hydrogen-bond acceptors (Lipinski definition) is 6. The fourth-order valence-corrected chi connectivity index (χ4v) is 1.83. The SMILES string of the molecule is COCCN(c1nc(Cl)nnc1Cl)C(C)COC. The standard InChI is InChI=1S/C10H16Cl2N4O2/c1-7(6-18-3)16(4-5-17-2)9-8(11)14-15-10(12)13-9/h7H,4-6H2,1-3H3. The van der Waals surface area contributed by atoms with Crippen LogP contribution in [0.1, 0.15) is 6.92 Å². The van der Waals surface area contributed by atoms with Crippen LogP contribution < -0.4 is 4.90 Å². The zero-order valence-corrected chi connectivity index (χ0v) is 12.1. The molecule has 0 aliphatic rings. The molecular weight excluding hydrogens is 279 g/mol. The zero-order chi connectivity index (χ0) is 13.5. The van der Waals surface area contributed by atoms with E-state index in [-0.39, 0.29) is 16.5 Å². The fraction of sp³-hybridized carbons (Fsp3) is 0.700. The van der Waals surface area contributed by atoms with Gasteiger partial charge in [-0.15, -0.1) is 10.2 Å². The molecule has 18 heavy (non-hydrogen) atoms. The second kappa shape index (κ2) is 7.68. The van der Waals surface area contributed by atoms with E-state index in [1.165, 1.54) is 0 Å². The molecule has 0 bridgehead atoms. The van der Waals surface area contributed by atoms with Crippen LogP contribution in [0, 0.1) is 0 Å². The van der Waals surface area contributed by atoms with Crippen LogP contribution in [0.5, 0.6) is 0 Å². The monoisotopic (exact) mass is 294 g/mol. The van der Waals surface area contributed by atoms with Crippen LogP contribution in [-0.2, 0) is 9.47 Å². The van der Waals surface area contributed by atoms with E-state index in [0.717, 1.165) is 0 Å². The van der Waals surface area contributed by atoms with Gasteiger partial charge in [0.1, 0.15) is 0 Å². The molecule has 1 aromatic heterocycles. The molecule has 0 N–H and O–H groups in total. The molecule has 8 heteroatoms. The number of rotatable bonds is 7. The van der Waals surface area contributed by atoms with Gasteiger partial charge >= 0.3 is 0 Å². The molecule has 1 rings (SSSR count). The highest BCUT2D eigenvalue weighted by Gasteiger charge is 2.20. The smallest absolute Gasteiger partial charge is 0.245 e. The normalized spacial score (nSPS) is 12.5. The highest BCUT2D eigenvalue weighted by molar-refractivity contribution is 6.32. The van der Waals surface area contributed by atoms with Gasteiger partial charge in [-0.25, -0.2) is 0 Å². The molecule has 0 aliphatic heterocycles. The van der Waals surface area contributed by atoms with Crippen molar-refractivity contribution in [1.29, 1.82) is 0 Å². The average molecular weight is 295 g/mol. The summed E-state index contributed by atoms with van der Waals surface area (Å²) in [4.78, 5) is 6.03. The Labute approximate surface area is 116 Å². The quantitative estimate of drug-likeness (QED) is 0.762. The number of hydrogen-bond donors (Lipinski definition) is 0. The molecule has 0 radical (unpaired) electrons. The summed E-state index contributed by atoms with van der Waals surface area (Å²) in [5.74, 6) is 0.485. The van der Waals surface area contributed by atoms with Crippen molar-refractivity contribution in [2.45, 2.75) is 13.0 Å². The highest BCUT2D eigenvalue weighted by Crippen LogP contribution is 2.23. The van der Waals surface area contributed by atoms with Crippen molar-refractivity contribution in [2.75, 3.05) is 38.9 Å². The van der Waals surface area contributed by atoms with Crippen molar-refractivity contribution >= 4 is 29.0 Å². The van der Waals surface area contributed by atoms with Gasteiger partial charge in [-0.1, -0.05) is 11.6 Å². The lowest BCUT2D eigenvalue weighted by atomic mass is 10.3. The van der Waals surface area contributed by atoms with Crippen LogP contribution in [0.25, 0.3) is 0 Å². The van der Waals surface area contributed by atoms with Crippen LogP contribution in [0.3, 0.4) is 0 Å². The number of aromatic nitrogens is 3. The maximum Gasteiger partial charge on any atom is 0.245 e. The van der Waals surface area contributed by atoms with Gasteiger partial charge in [-0.05, 0) is 18.5 Å². The summed E-state index contributed by atoms with van der Waals surface area (Å²) < 4.78 is 10.2. The molecule has 0 amide bonds. The Morgan fingerprint density at radius 3 is 2.56 bits per heavy atom. The molecule has 6 nitrogen and oxygen atoms in total. The van der Waals surface area contributed by atoms with Gasteiger partial charge in [0, 0.05) is 20.8 Å². The summed E-state index contributed by atoms with van der Waals surface area (Å²) >= 11 is 11.7. The van der Waals surface area contributed by atoms with Crippen molar-refractivity contribution < 1.29 is 9.47 Å². The molecular formula is C10H16Cl2N4O2. The number of ether oxygens (including phenoxy) is 2. The highest BCUT2D eigenvalue weighted by atomic mass is 35.5.